The normalized spacial score (nSPS) is 12.4. The van der Waals surface area contributed by atoms with E-state index in [9.17, 15) is 9.00 Å². The molecule has 1 N–H and O–H groups in total. The quantitative estimate of drug-likeness (QED) is 0.536. The molecule has 0 aliphatic carbocycles. The van der Waals surface area contributed by atoms with Crippen molar-refractivity contribution in [2.45, 2.75) is 0 Å². The second-order valence-electron chi connectivity index (χ2n) is 1.75. The fourth-order valence-corrected chi connectivity index (χ4v) is 0.683. The topological polar surface area (TPSA) is 98.9 Å². The predicted molar refractivity (Wildman–Crippen MR) is 38.9 cm³/mol. The molecule has 1 heterocycles. The maximum absolute atomic E-state index is 10.7. The largest absolute Gasteiger partial charge is 0.417 e. The van der Waals surface area contributed by atoms with Crippen LogP contribution in [0.4, 0.5) is 0 Å². The van der Waals surface area contributed by atoms with Gasteiger partial charge in [-0.25, -0.2) is 4.79 Å². The maximum atomic E-state index is 10.7. The van der Waals surface area contributed by atoms with Crippen LogP contribution in [0.5, 0.6) is 6.08 Å². The van der Waals surface area contributed by atoms with Crippen LogP contribution < -0.4 is 4.74 Å². The summed E-state index contributed by atoms with van der Waals surface area (Å²) in [6.07, 6.45) is 2.26. The zero-order valence-electron chi connectivity index (χ0n) is 6.21. The van der Waals surface area contributed by atoms with Crippen LogP contribution in [-0.4, -0.2) is 26.3 Å². The van der Waals surface area contributed by atoms with E-state index < -0.39 is 23.9 Å². The Morgan fingerprint density at radius 2 is 2.54 bits per heavy atom. The standard InChI is InChI=1S/C5H5NO6S/c7-4(3-11-13(8)9)12-5-6-1-2-10-5/h1-2H,3H2,(H,8,9). The van der Waals surface area contributed by atoms with Gasteiger partial charge in [0, 0.05) is 0 Å². The Morgan fingerprint density at radius 1 is 1.77 bits per heavy atom. The summed E-state index contributed by atoms with van der Waals surface area (Å²) in [6, 6.07) is 0. The number of oxazole rings is 1. The number of ether oxygens (including phenoxy) is 1. The summed E-state index contributed by atoms with van der Waals surface area (Å²) in [5.41, 5.74) is 0. The fraction of sp³-hybridized carbons (Fsp3) is 0.200. The van der Waals surface area contributed by atoms with Crippen molar-refractivity contribution >= 4 is 17.3 Å². The lowest BCUT2D eigenvalue weighted by molar-refractivity contribution is -0.138. The van der Waals surface area contributed by atoms with E-state index in [4.69, 9.17) is 4.55 Å². The molecular formula is C5H5NO6S. The molecule has 0 saturated heterocycles. The second kappa shape index (κ2) is 4.70. The smallest absolute Gasteiger partial charge is 0.401 e. The Bertz CT molecular complexity index is 296. The van der Waals surface area contributed by atoms with Crippen LogP contribution in [0.15, 0.2) is 16.9 Å². The highest BCUT2D eigenvalue weighted by Crippen LogP contribution is 2.04. The van der Waals surface area contributed by atoms with E-state index in [2.05, 4.69) is 18.3 Å². The molecule has 1 atom stereocenters. The van der Waals surface area contributed by atoms with Crippen LogP contribution in [0.2, 0.25) is 0 Å². The van der Waals surface area contributed by atoms with Crippen LogP contribution in [0, 0.1) is 0 Å². The van der Waals surface area contributed by atoms with E-state index in [0.717, 1.165) is 0 Å². The van der Waals surface area contributed by atoms with E-state index in [1.54, 1.807) is 0 Å². The summed E-state index contributed by atoms with van der Waals surface area (Å²) in [7, 11) is 0. The summed E-state index contributed by atoms with van der Waals surface area (Å²) < 4.78 is 31.1. The highest BCUT2D eigenvalue weighted by Gasteiger charge is 2.09. The molecule has 0 aromatic carbocycles. The Hall–Kier alpha value is -1.25. The van der Waals surface area contributed by atoms with Crippen LogP contribution in [0.1, 0.15) is 0 Å². The minimum absolute atomic E-state index is 0.239. The molecule has 0 aliphatic rings. The van der Waals surface area contributed by atoms with Gasteiger partial charge in [-0.05, 0) is 0 Å². The molecule has 0 amide bonds. The Labute approximate surface area is 75.2 Å². The number of hydrogen-bond acceptors (Lipinski definition) is 6. The third kappa shape index (κ3) is 3.78. The molecular weight excluding hydrogens is 202 g/mol. The summed E-state index contributed by atoms with van der Waals surface area (Å²) in [4.78, 5) is 14.2. The van der Waals surface area contributed by atoms with Crippen molar-refractivity contribution in [2.24, 2.45) is 0 Å². The molecule has 0 fully saturated rings. The predicted octanol–water partition coefficient (Wildman–Crippen LogP) is -0.267. The van der Waals surface area contributed by atoms with E-state index in [-0.39, 0.29) is 6.08 Å². The van der Waals surface area contributed by atoms with Gasteiger partial charge in [0.2, 0.25) is 0 Å². The summed E-state index contributed by atoms with van der Waals surface area (Å²) >= 11 is -2.49. The van der Waals surface area contributed by atoms with Gasteiger partial charge in [0.05, 0.1) is 6.20 Å². The van der Waals surface area contributed by atoms with Crippen molar-refractivity contribution in [2.75, 3.05) is 6.61 Å². The molecule has 0 bridgehead atoms. The first-order valence-corrected chi connectivity index (χ1v) is 4.06. The minimum Gasteiger partial charge on any atom is -0.417 e. The number of rotatable bonds is 4. The summed E-state index contributed by atoms with van der Waals surface area (Å²) in [5.74, 6) is -0.871. The van der Waals surface area contributed by atoms with Crippen molar-refractivity contribution in [1.29, 1.82) is 0 Å². The van der Waals surface area contributed by atoms with E-state index in [0.29, 0.717) is 0 Å². The molecule has 7 nitrogen and oxygen atoms in total. The van der Waals surface area contributed by atoms with Crippen LogP contribution in [0.25, 0.3) is 0 Å². The molecule has 1 unspecified atom stereocenters. The molecule has 13 heavy (non-hydrogen) atoms. The lowest BCUT2D eigenvalue weighted by Crippen LogP contribution is -2.16. The van der Waals surface area contributed by atoms with E-state index in [1.165, 1.54) is 12.5 Å². The molecule has 0 spiro atoms. The number of hydrogen-bond donors (Lipinski definition) is 1. The molecule has 1 rings (SSSR count). The molecule has 0 saturated carbocycles. The van der Waals surface area contributed by atoms with Crippen molar-refractivity contribution in [3.63, 3.8) is 0 Å². The molecule has 0 radical (unpaired) electrons. The number of aromatic nitrogens is 1. The highest BCUT2D eigenvalue weighted by molar-refractivity contribution is 7.74. The first-order valence-electron chi connectivity index (χ1n) is 3.03. The van der Waals surface area contributed by atoms with Crippen molar-refractivity contribution in [3.05, 3.63) is 12.5 Å². The first kappa shape index (κ1) is 9.84. The zero-order chi connectivity index (χ0) is 9.68. The lowest BCUT2D eigenvalue weighted by Gasteiger charge is -1.96. The Kier molecular flexibility index (Phi) is 3.55. The third-order valence-corrected chi connectivity index (χ3v) is 1.21. The first-order chi connectivity index (χ1) is 6.18. The summed E-state index contributed by atoms with van der Waals surface area (Å²) in [6.45, 7) is -0.647. The number of nitrogens with zero attached hydrogens (tertiary/aromatic N) is 1. The van der Waals surface area contributed by atoms with Gasteiger partial charge in [-0.15, -0.1) is 0 Å². The van der Waals surface area contributed by atoms with Gasteiger partial charge in [0.15, 0.2) is 6.61 Å². The zero-order valence-corrected chi connectivity index (χ0v) is 7.02. The molecule has 1 aromatic heterocycles. The third-order valence-electron chi connectivity index (χ3n) is 0.888. The van der Waals surface area contributed by atoms with Crippen molar-refractivity contribution in [1.82, 2.24) is 4.98 Å². The average Bonchev–Trinajstić information content (AvgIpc) is 2.53. The Balaban J connectivity index is 2.30. The van der Waals surface area contributed by atoms with Gasteiger partial charge >= 0.3 is 23.4 Å². The number of carbonyl (C=O) groups is 1. The average molecular weight is 207 g/mol. The fourth-order valence-electron chi connectivity index (χ4n) is 0.486. The molecule has 8 heteroatoms. The van der Waals surface area contributed by atoms with Gasteiger partial charge in [-0.2, -0.15) is 9.19 Å². The van der Waals surface area contributed by atoms with Crippen LogP contribution in [-0.2, 0) is 20.3 Å². The SMILES string of the molecule is O=C(COS(=O)O)Oc1ncco1. The number of esters is 1. The molecule has 72 valence electrons. The van der Waals surface area contributed by atoms with Crippen LogP contribution in [0.3, 0.4) is 0 Å². The van der Waals surface area contributed by atoms with Crippen molar-refractivity contribution in [3.8, 4) is 6.08 Å². The van der Waals surface area contributed by atoms with Gasteiger partial charge in [-0.3, -0.25) is 8.74 Å². The van der Waals surface area contributed by atoms with Crippen LogP contribution >= 0.6 is 0 Å². The monoisotopic (exact) mass is 207 g/mol. The summed E-state index contributed by atoms with van der Waals surface area (Å²) in [5, 5.41) is 0. The highest BCUT2D eigenvalue weighted by atomic mass is 32.2. The second-order valence-corrected chi connectivity index (χ2v) is 2.42. The van der Waals surface area contributed by atoms with Gasteiger partial charge in [0.1, 0.15) is 6.26 Å². The molecule has 1 aromatic rings. The van der Waals surface area contributed by atoms with Gasteiger partial charge in [0.25, 0.3) is 0 Å². The van der Waals surface area contributed by atoms with E-state index >= 15 is 0 Å². The minimum atomic E-state index is -2.49. The maximum Gasteiger partial charge on any atom is 0.401 e. The van der Waals surface area contributed by atoms with Gasteiger partial charge < -0.3 is 9.15 Å². The molecule has 0 aliphatic heterocycles. The Morgan fingerprint density at radius 3 is 3.08 bits per heavy atom. The lowest BCUT2D eigenvalue weighted by atomic mass is 10.7. The van der Waals surface area contributed by atoms with E-state index in [1.807, 2.05) is 0 Å². The van der Waals surface area contributed by atoms with Crippen molar-refractivity contribution < 1.29 is 26.9 Å². The van der Waals surface area contributed by atoms with Gasteiger partial charge in [-0.1, -0.05) is 0 Å². The number of carbonyl (C=O) groups excluding carboxylic acids is 1.